The van der Waals surface area contributed by atoms with Gasteiger partial charge in [-0.05, 0) is 36.5 Å². The molecule has 0 radical (unpaired) electrons. The van der Waals surface area contributed by atoms with Crippen molar-refractivity contribution in [1.82, 2.24) is 0 Å². The van der Waals surface area contributed by atoms with Gasteiger partial charge >= 0.3 is 0 Å². The zero-order valence-corrected chi connectivity index (χ0v) is 8.25. The van der Waals surface area contributed by atoms with Gasteiger partial charge in [0.15, 0.2) is 0 Å². The fourth-order valence-corrected chi connectivity index (χ4v) is 2.04. The Morgan fingerprint density at radius 2 is 2.00 bits per heavy atom. The van der Waals surface area contributed by atoms with Gasteiger partial charge in [-0.25, -0.2) is 0 Å². The van der Waals surface area contributed by atoms with Gasteiger partial charge in [0.2, 0.25) is 0 Å². The molecule has 0 aromatic heterocycles. The van der Waals surface area contributed by atoms with Gasteiger partial charge in [-0.15, -0.1) is 5.16 Å². The minimum absolute atomic E-state index is 0.450. The third-order valence-electron chi connectivity index (χ3n) is 2.45. The summed E-state index contributed by atoms with van der Waals surface area (Å²) in [7, 11) is 0. The molecule has 1 aliphatic rings. The van der Waals surface area contributed by atoms with Crippen LogP contribution in [0.2, 0.25) is 0 Å². The Labute approximate surface area is 74.7 Å². The summed E-state index contributed by atoms with van der Waals surface area (Å²) in [5.41, 5.74) is 0.450. The van der Waals surface area contributed by atoms with Crippen LogP contribution in [0.4, 0.5) is 0 Å². The van der Waals surface area contributed by atoms with Gasteiger partial charge in [0.1, 0.15) is 0 Å². The van der Waals surface area contributed by atoms with E-state index in [9.17, 15) is 0 Å². The summed E-state index contributed by atoms with van der Waals surface area (Å²) < 4.78 is 0. The molecule has 1 saturated carbocycles. The lowest BCUT2D eigenvalue weighted by atomic mass is 9.69. The maximum Gasteiger partial charge on any atom is 0.0467 e. The summed E-state index contributed by atoms with van der Waals surface area (Å²) in [5.74, 6) is 1.40. The SMILES string of the molecule is CC(C)(C)CC1CC(C=NO)C1. The van der Waals surface area contributed by atoms with Crippen LogP contribution in [-0.2, 0) is 0 Å². The second kappa shape index (κ2) is 3.46. The lowest BCUT2D eigenvalue weighted by Gasteiger charge is -2.36. The molecule has 1 fully saturated rings. The average molecular weight is 169 g/mol. The summed E-state index contributed by atoms with van der Waals surface area (Å²) in [6, 6.07) is 0. The zero-order valence-electron chi connectivity index (χ0n) is 8.25. The minimum atomic E-state index is 0.450. The summed E-state index contributed by atoms with van der Waals surface area (Å²) in [6.07, 6.45) is 5.38. The molecular weight excluding hydrogens is 150 g/mol. The first-order chi connectivity index (χ1) is 5.51. The standard InChI is InChI=1S/C10H19NO/c1-10(2,3)6-8-4-9(5-8)7-11-12/h7-9,12H,4-6H2,1-3H3. The molecule has 1 aliphatic carbocycles. The highest BCUT2D eigenvalue weighted by Crippen LogP contribution is 2.40. The minimum Gasteiger partial charge on any atom is -0.411 e. The van der Waals surface area contributed by atoms with Crippen LogP contribution in [0, 0.1) is 17.3 Å². The second-order valence-corrected chi connectivity index (χ2v) is 5.13. The van der Waals surface area contributed by atoms with E-state index in [1.807, 2.05) is 0 Å². The van der Waals surface area contributed by atoms with Gasteiger partial charge in [0, 0.05) is 6.21 Å². The number of hydrogen-bond donors (Lipinski definition) is 1. The lowest BCUT2D eigenvalue weighted by Crippen LogP contribution is -2.28. The van der Waals surface area contributed by atoms with Crippen LogP contribution in [0.15, 0.2) is 5.16 Å². The summed E-state index contributed by atoms with van der Waals surface area (Å²) >= 11 is 0. The summed E-state index contributed by atoms with van der Waals surface area (Å²) in [4.78, 5) is 0. The summed E-state index contributed by atoms with van der Waals surface area (Å²) in [6.45, 7) is 6.83. The maximum atomic E-state index is 8.29. The largest absolute Gasteiger partial charge is 0.411 e. The van der Waals surface area contributed by atoms with E-state index >= 15 is 0 Å². The number of oxime groups is 1. The molecule has 1 N–H and O–H groups in total. The molecule has 0 aliphatic heterocycles. The molecule has 0 heterocycles. The zero-order chi connectivity index (χ0) is 9.19. The normalized spacial score (nSPS) is 30.6. The van der Waals surface area contributed by atoms with Gasteiger partial charge in [0.05, 0.1) is 0 Å². The smallest absolute Gasteiger partial charge is 0.0467 e. The van der Waals surface area contributed by atoms with Crippen LogP contribution in [0.25, 0.3) is 0 Å². The van der Waals surface area contributed by atoms with Crippen molar-refractivity contribution in [3.8, 4) is 0 Å². The molecule has 0 aromatic rings. The van der Waals surface area contributed by atoms with Gasteiger partial charge in [-0.1, -0.05) is 20.8 Å². The quantitative estimate of drug-likeness (QED) is 0.385. The van der Waals surface area contributed by atoms with Gasteiger partial charge in [-0.3, -0.25) is 0 Å². The van der Waals surface area contributed by atoms with Crippen molar-refractivity contribution >= 4 is 6.21 Å². The van der Waals surface area contributed by atoms with E-state index in [1.165, 1.54) is 19.3 Å². The first kappa shape index (κ1) is 9.56. The highest BCUT2D eigenvalue weighted by Gasteiger charge is 2.30. The molecule has 0 bridgehead atoms. The lowest BCUT2D eigenvalue weighted by molar-refractivity contribution is 0.174. The van der Waals surface area contributed by atoms with Crippen molar-refractivity contribution in [3.05, 3.63) is 0 Å². The maximum absolute atomic E-state index is 8.29. The van der Waals surface area contributed by atoms with Crippen LogP contribution in [0.5, 0.6) is 0 Å². The first-order valence-electron chi connectivity index (χ1n) is 4.69. The van der Waals surface area contributed by atoms with Crippen molar-refractivity contribution in [1.29, 1.82) is 0 Å². The molecule has 0 atom stereocenters. The average Bonchev–Trinajstić information content (AvgIpc) is 1.80. The van der Waals surface area contributed by atoms with Crippen LogP contribution in [-0.4, -0.2) is 11.4 Å². The topological polar surface area (TPSA) is 32.6 Å². The van der Waals surface area contributed by atoms with Crippen LogP contribution in [0.3, 0.4) is 0 Å². The second-order valence-electron chi connectivity index (χ2n) is 5.13. The number of nitrogens with zero attached hydrogens (tertiary/aromatic N) is 1. The van der Waals surface area contributed by atoms with E-state index in [0.717, 1.165) is 5.92 Å². The van der Waals surface area contributed by atoms with E-state index in [4.69, 9.17) is 5.21 Å². The fraction of sp³-hybridized carbons (Fsp3) is 0.900. The molecule has 12 heavy (non-hydrogen) atoms. The van der Waals surface area contributed by atoms with Crippen molar-refractivity contribution in [2.45, 2.75) is 40.0 Å². The van der Waals surface area contributed by atoms with Crippen molar-refractivity contribution in [2.24, 2.45) is 22.4 Å². The number of hydrogen-bond acceptors (Lipinski definition) is 2. The van der Waals surface area contributed by atoms with Gasteiger partial charge in [-0.2, -0.15) is 0 Å². The van der Waals surface area contributed by atoms with Crippen molar-refractivity contribution in [2.75, 3.05) is 0 Å². The van der Waals surface area contributed by atoms with E-state index in [2.05, 4.69) is 25.9 Å². The van der Waals surface area contributed by atoms with E-state index in [-0.39, 0.29) is 0 Å². The molecular formula is C10H19NO. The predicted octanol–water partition coefficient (Wildman–Crippen LogP) is 2.91. The van der Waals surface area contributed by atoms with Gasteiger partial charge < -0.3 is 5.21 Å². The molecule has 0 aromatic carbocycles. The van der Waals surface area contributed by atoms with Crippen LogP contribution >= 0.6 is 0 Å². The highest BCUT2D eigenvalue weighted by atomic mass is 16.4. The number of rotatable bonds is 2. The Hall–Kier alpha value is -0.530. The van der Waals surface area contributed by atoms with Crippen molar-refractivity contribution in [3.63, 3.8) is 0 Å². The van der Waals surface area contributed by atoms with Crippen LogP contribution in [0.1, 0.15) is 40.0 Å². The molecule has 0 saturated heterocycles. The molecule has 2 heteroatoms. The monoisotopic (exact) mass is 169 g/mol. The molecule has 2 nitrogen and oxygen atoms in total. The van der Waals surface area contributed by atoms with Crippen molar-refractivity contribution < 1.29 is 5.21 Å². The predicted molar refractivity (Wildman–Crippen MR) is 50.6 cm³/mol. The summed E-state index contributed by atoms with van der Waals surface area (Å²) in [5, 5.41) is 11.4. The Kier molecular flexibility index (Phi) is 2.76. The molecule has 70 valence electrons. The van der Waals surface area contributed by atoms with E-state index in [0.29, 0.717) is 11.3 Å². The van der Waals surface area contributed by atoms with E-state index in [1.54, 1.807) is 6.21 Å². The molecule has 0 amide bonds. The Bertz CT molecular complexity index is 163. The Morgan fingerprint density at radius 1 is 1.42 bits per heavy atom. The molecule has 1 rings (SSSR count). The fourth-order valence-electron chi connectivity index (χ4n) is 2.04. The van der Waals surface area contributed by atoms with Crippen LogP contribution < -0.4 is 0 Å². The highest BCUT2D eigenvalue weighted by molar-refractivity contribution is 5.61. The Morgan fingerprint density at radius 3 is 2.42 bits per heavy atom. The molecule has 0 spiro atoms. The molecule has 0 unspecified atom stereocenters. The van der Waals surface area contributed by atoms with E-state index < -0.39 is 0 Å². The van der Waals surface area contributed by atoms with Gasteiger partial charge in [0.25, 0.3) is 0 Å². The third kappa shape index (κ3) is 2.84. The first-order valence-corrected chi connectivity index (χ1v) is 4.69. The third-order valence-corrected chi connectivity index (χ3v) is 2.45. The Balaban J connectivity index is 2.18.